The zero-order valence-corrected chi connectivity index (χ0v) is 10.1. The van der Waals surface area contributed by atoms with Crippen LogP contribution in [0.25, 0.3) is 0 Å². The van der Waals surface area contributed by atoms with E-state index in [1.807, 2.05) is 18.2 Å². The molecular formula is C15H19NO. The van der Waals surface area contributed by atoms with Gasteiger partial charge in [0.1, 0.15) is 0 Å². The number of hydrogen-bond acceptors (Lipinski definition) is 1. The van der Waals surface area contributed by atoms with Crippen LogP contribution in [0.1, 0.15) is 31.2 Å². The van der Waals surface area contributed by atoms with Gasteiger partial charge in [-0.15, -0.1) is 6.58 Å². The summed E-state index contributed by atoms with van der Waals surface area (Å²) in [5.74, 6) is 0.154. The average Bonchev–Trinajstić information content (AvgIpc) is 2.87. The molecule has 0 radical (unpaired) electrons. The van der Waals surface area contributed by atoms with Gasteiger partial charge in [-0.1, -0.05) is 49.2 Å². The highest BCUT2D eigenvalue weighted by atomic mass is 16.2. The molecule has 0 bridgehead atoms. The summed E-state index contributed by atoms with van der Waals surface area (Å²) >= 11 is 0. The predicted molar refractivity (Wildman–Crippen MR) is 69.8 cm³/mol. The van der Waals surface area contributed by atoms with Gasteiger partial charge in [0.15, 0.2) is 0 Å². The Labute approximate surface area is 103 Å². The highest BCUT2D eigenvalue weighted by molar-refractivity contribution is 5.88. The lowest BCUT2D eigenvalue weighted by molar-refractivity contribution is -0.126. The molecule has 0 saturated heterocycles. The smallest absolute Gasteiger partial charge is 0.230 e. The maximum atomic E-state index is 12.4. The van der Waals surface area contributed by atoms with Crippen LogP contribution in [0.4, 0.5) is 0 Å². The number of benzene rings is 1. The van der Waals surface area contributed by atoms with Crippen LogP contribution in [0.15, 0.2) is 43.0 Å². The summed E-state index contributed by atoms with van der Waals surface area (Å²) < 4.78 is 0. The van der Waals surface area contributed by atoms with Crippen LogP contribution in [0.5, 0.6) is 0 Å². The van der Waals surface area contributed by atoms with Gasteiger partial charge in [0.25, 0.3) is 0 Å². The van der Waals surface area contributed by atoms with Crippen LogP contribution in [-0.4, -0.2) is 12.5 Å². The molecule has 2 heteroatoms. The molecule has 1 amide bonds. The zero-order chi connectivity index (χ0) is 12.1. The third kappa shape index (κ3) is 2.26. The molecule has 0 aliphatic heterocycles. The molecule has 1 aromatic rings. The topological polar surface area (TPSA) is 29.1 Å². The third-order valence-corrected chi connectivity index (χ3v) is 3.63. The fourth-order valence-corrected chi connectivity index (χ4v) is 2.72. The van der Waals surface area contributed by atoms with Gasteiger partial charge in [-0.3, -0.25) is 4.79 Å². The standard InChI is InChI=1S/C15H19NO/c1-2-12-16-14(17)15(10-6-7-11-15)13-8-4-3-5-9-13/h2-5,8-9H,1,6-7,10-12H2,(H,16,17). The maximum Gasteiger partial charge on any atom is 0.230 e. The van der Waals surface area contributed by atoms with E-state index < -0.39 is 0 Å². The van der Waals surface area contributed by atoms with Crippen molar-refractivity contribution in [2.75, 3.05) is 6.54 Å². The number of rotatable bonds is 4. The Morgan fingerprint density at radius 1 is 1.29 bits per heavy atom. The number of carbonyl (C=O) groups excluding carboxylic acids is 1. The Bertz CT molecular complexity index is 391. The molecule has 0 aromatic heterocycles. The zero-order valence-electron chi connectivity index (χ0n) is 10.1. The molecule has 1 fully saturated rings. The van der Waals surface area contributed by atoms with E-state index in [4.69, 9.17) is 0 Å². The first kappa shape index (κ1) is 11.9. The molecule has 1 saturated carbocycles. The third-order valence-electron chi connectivity index (χ3n) is 3.63. The Hall–Kier alpha value is -1.57. The number of amides is 1. The van der Waals surface area contributed by atoms with Crippen molar-refractivity contribution in [1.82, 2.24) is 5.32 Å². The Morgan fingerprint density at radius 3 is 2.53 bits per heavy atom. The predicted octanol–water partition coefficient (Wildman–Crippen LogP) is 2.80. The highest BCUT2D eigenvalue weighted by Crippen LogP contribution is 2.41. The second-order valence-corrected chi connectivity index (χ2v) is 4.65. The molecule has 17 heavy (non-hydrogen) atoms. The lowest BCUT2D eigenvalue weighted by atomic mass is 9.78. The minimum Gasteiger partial charge on any atom is -0.352 e. The minimum atomic E-state index is -0.301. The lowest BCUT2D eigenvalue weighted by Crippen LogP contribution is -2.42. The minimum absolute atomic E-state index is 0.154. The largest absolute Gasteiger partial charge is 0.352 e. The lowest BCUT2D eigenvalue weighted by Gasteiger charge is -2.28. The molecule has 1 aliphatic rings. The normalized spacial score (nSPS) is 17.6. The second-order valence-electron chi connectivity index (χ2n) is 4.65. The van der Waals surface area contributed by atoms with E-state index in [0.717, 1.165) is 31.2 Å². The fraction of sp³-hybridized carbons (Fsp3) is 0.400. The van der Waals surface area contributed by atoms with Gasteiger partial charge in [-0.2, -0.15) is 0 Å². The first-order valence-electron chi connectivity index (χ1n) is 6.24. The van der Waals surface area contributed by atoms with Gasteiger partial charge in [-0.25, -0.2) is 0 Å². The SMILES string of the molecule is C=CCNC(=O)C1(c2ccccc2)CCCC1. The fourth-order valence-electron chi connectivity index (χ4n) is 2.72. The van der Waals surface area contributed by atoms with E-state index in [1.165, 1.54) is 0 Å². The van der Waals surface area contributed by atoms with Crippen molar-refractivity contribution in [1.29, 1.82) is 0 Å². The van der Waals surface area contributed by atoms with Crippen LogP contribution >= 0.6 is 0 Å². The molecule has 0 heterocycles. The van der Waals surface area contributed by atoms with E-state index >= 15 is 0 Å². The molecule has 90 valence electrons. The van der Waals surface area contributed by atoms with Crippen LogP contribution in [-0.2, 0) is 10.2 Å². The van der Waals surface area contributed by atoms with Gasteiger partial charge < -0.3 is 5.32 Å². The summed E-state index contributed by atoms with van der Waals surface area (Å²) in [5, 5.41) is 2.96. The number of hydrogen-bond donors (Lipinski definition) is 1. The first-order chi connectivity index (χ1) is 8.29. The van der Waals surface area contributed by atoms with Gasteiger partial charge >= 0.3 is 0 Å². The van der Waals surface area contributed by atoms with Gasteiger partial charge in [0.2, 0.25) is 5.91 Å². The van der Waals surface area contributed by atoms with Crippen molar-refractivity contribution < 1.29 is 4.79 Å². The summed E-state index contributed by atoms with van der Waals surface area (Å²) in [6.07, 6.45) is 5.92. The van der Waals surface area contributed by atoms with Crippen LogP contribution in [0, 0.1) is 0 Å². The Morgan fingerprint density at radius 2 is 1.94 bits per heavy atom. The molecular weight excluding hydrogens is 210 g/mol. The van der Waals surface area contributed by atoms with Crippen LogP contribution in [0.3, 0.4) is 0 Å². The summed E-state index contributed by atoms with van der Waals surface area (Å²) in [7, 11) is 0. The molecule has 1 aliphatic carbocycles. The van der Waals surface area contributed by atoms with Crippen LogP contribution < -0.4 is 5.32 Å². The number of carbonyl (C=O) groups is 1. The molecule has 0 atom stereocenters. The van der Waals surface area contributed by atoms with Crippen molar-refractivity contribution in [3.05, 3.63) is 48.6 Å². The monoisotopic (exact) mass is 229 g/mol. The first-order valence-corrected chi connectivity index (χ1v) is 6.24. The van der Waals surface area contributed by atoms with E-state index in [1.54, 1.807) is 6.08 Å². The molecule has 1 N–H and O–H groups in total. The maximum absolute atomic E-state index is 12.4. The van der Waals surface area contributed by atoms with Gasteiger partial charge in [0, 0.05) is 6.54 Å². The van der Waals surface area contributed by atoms with E-state index in [9.17, 15) is 4.79 Å². The van der Waals surface area contributed by atoms with Crippen molar-refractivity contribution in [2.24, 2.45) is 0 Å². The van der Waals surface area contributed by atoms with Gasteiger partial charge in [-0.05, 0) is 18.4 Å². The van der Waals surface area contributed by atoms with Crippen molar-refractivity contribution in [3.8, 4) is 0 Å². The summed E-state index contributed by atoms with van der Waals surface area (Å²) in [6.45, 7) is 4.19. The Kier molecular flexibility index (Phi) is 3.62. The van der Waals surface area contributed by atoms with Gasteiger partial charge in [0.05, 0.1) is 5.41 Å². The van der Waals surface area contributed by atoms with E-state index in [2.05, 4.69) is 24.0 Å². The van der Waals surface area contributed by atoms with E-state index in [0.29, 0.717) is 6.54 Å². The van der Waals surface area contributed by atoms with Crippen molar-refractivity contribution in [3.63, 3.8) is 0 Å². The average molecular weight is 229 g/mol. The van der Waals surface area contributed by atoms with Crippen molar-refractivity contribution in [2.45, 2.75) is 31.1 Å². The quantitative estimate of drug-likeness (QED) is 0.790. The summed E-state index contributed by atoms with van der Waals surface area (Å²) in [6, 6.07) is 10.2. The molecule has 2 rings (SSSR count). The van der Waals surface area contributed by atoms with Crippen LogP contribution in [0.2, 0.25) is 0 Å². The second kappa shape index (κ2) is 5.17. The number of nitrogens with one attached hydrogen (secondary N) is 1. The summed E-state index contributed by atoms with van der Waals surface area (Å²) in [5.41, 5.74) is 0.851. The highest BCUT2D eigenvalue weighted by Gasteiger charge is 2.42. The van der Waals surface area contributed by atoms with E-state index in [-0.39, 0.29) is 11.3 Å². The molecule has 0 unspecified atom stereocenters. The molecule has 1 aromatic carbocycles. The molecule has 0 spiro atoms. The Balaban J connectivity index is 2.27. The van der Waals surface area contributed by atoms with Crippen molar-refractivity contribution >= 4 is 5.91 Å². The molecule has 2 nitrogen and oxygen atoms in total. The summed E-state index contributed by atoms with van der Waals surface area (Å²) in [4.78, 5) is 12.4.